The molecular formula is C21H21Cl2F2N3O3S. The first-order valence-electron chi connectivity index (χ1n) is 9.74. The van der Waals surface area contributed by atoms with Crippen LogP contribution in [-0.4, -0.2) is 61.8 Å². The van der Waals surface area contributed by atoms with E-state index in [1.54, 1.807) is 24.3 Å². The highest BCUT2D eigenvalue weighted by Crippen LogP contribution is 2.31. The predicted octanol–water partition coefficient (Wildman–Crippen LogP) is 4.39. The van der Waals surface area contributed by atoms with Crippen molar-refractivity contribution < 1.29 is 23.0 Å². The number of nitrogens with zero attached hydrogens (tertiary/aromatic N) is 3. The molecule has 2 aromatic carbocycles. The van der Waals surface area contributed by atoms with Gasteiger partial charge in [-0.25, -0.2) is 13.8 Å². The third kappa shape index (κ3) is 6.05. The van der Waals surface area contributed by atoms with Crippen molar-refractivity contribution in [2.45, 2.75) is 0 Å². The van der Waals surface area contributed by atoms with Gasteiger partial charge in [-0.2, -0.15) is 0 Å². The SMILES string of the molecule is Cl.O=C(COc1ccc(Cl)cc1)N(CCN1CCOCC1)c1nc2c(F)cc(F)cc2s1. The molecule has 0 bridgehead atoms. The first-order chi connectivity index (χ1) is 15.0. The number of carbonyl (C=O) groups excluding carboxylic acids is 1. The maximum absolute atomic E-state index is 14.1. The number of hydrogen-bond acceptors (Lipinski definition) is 6. The Morgan fingerprint density at radius 2 is 1.94 bits per heavy atom. The minimum atomic E-state index is -0.754. The van der Waals surface area contributed by atoms with Crippen LogP contribution in [0.15, 0.2) is 36.4 Å². The van der Waals surface area contributed by atoms with E-state index in [4.69, 9.17) is 21.1 Å². The quantitative estimate of drug-likeness (QED) is 0.478. The summed E-state index contributed by atoms with van der Waals surface area (Å²) in [6, 6.07) is 8.68. The maximum Gasteiger partial charge on any atom is 0.266 e. The Balaban J connectivity index is 0.00000289. The molecule has 1 saturated heterocycles. The van der Waals surface area contributed by atoms with Crippen molar-refractivity contribution in [2.75, 3.05) is 50.9 Å². The lowest BCUT2D eigenvalue weighted by molar-refractivity contribution is -0.120. The van der Waals surface area contributed by atoms with Crippen LogP contribution in [0.2, 0.25) is 5.02 Å². The molecule has 1 aromatic heterocycles. The Labute approximate surface area is 199 Å². The molecule has 0 saturated carbocycles. The minimum Gasteiger partial charge on any atom is -0.484 e. The van der Waals surface area contributed by atoms with Gasteiger partial charge >= 0.3 is 0 Å². The van der Waals surface area contributed by atoms with Gasteiger partial charge in [0.25, 0.3) is 5.91 Å². The second kappa shape index (κ2) is 11.2. The molecule has 0 aliphatic carbocycles. The molecule has 0 N–H and O–H groups in total. The Morgan fingerprint density at radius 3 is 2.66 bits per heavy atom. The van der Waals surface area contributed by atoms with Crippen LogP contribution in [0.25, 0.3) is 10.2 Å². The zero-order chi connectivity index (χ0) is 21.8. The van der Waals surface area contributed by atoms with E-state index in [0.717, 1.165) is 30.5 Å². The van der Waals surface area contributed by atoms with Gasteiger partial charge in [-0.15, -0.1) is 12.4 Å². The smallest absolute Gasteiger partial charge is 0.266 e. The van der Waals surface area contributed by atoms with Gasteiger partial charge < -0.3 is 9.47 Å². The largest absolute Gasteiger partial charge is 0.484 e. The van der Waals surface area contributed by atoms with E-state index in [0.29, 0.717) is 46.9 Å². The summed E-state index contributed by atoms with van der Waals surface area (Å²) in [5.41, 5.74) is 0.0455. The molecule has 0 spiro atoms. The third-order valence-corrected chi connectivity index (χ3v) is 6.13. The van der Waals surface area contributed by atoms with Crippen LogP contribution in [0.5, 0.6) is 5.75 Å². The summed E-state index contributed by atoms with van der Waals surface area (Å²) in [7, 11) is 0. The lowest BCUT2D eigenvalue weighted by atomic mass is 10.3. The lowest BCUT2D eigenvalue weighted by Crippen LogP contribution is -2.44. The highest BCUT2D eigenvalue weighted by molar-refractivity contribution is 7.22. The highest BCUT2D eigenvalue weighted by Gasteiger charge is 2.23. The second-order valence-corrected chi connectivity index (χ2v) is 8.42. The number of hydrogen-bond donors (Lipinski definition) is 0. The maximum atomic E-state index is 14.1. The van der Waals surface area contributed by atoms with Crippen LogP contribution in [0.1, 0.15) is 0 Å². The molecule has 6 nitrogen and oxygen atoms in total. The molecule has 172 valence electrons. The van der Waals surface area contributed by atoms with Crippen molar-refractivity contribution in [3.8, 4) is 5.75 Å². The molecule has 2 heterocycles. The lowest BCUT2D eigenvalue weighted by Gasteiger charge is -2.29. The number of morpholine rings is 1. The van der Waals surface area contributed by atoms with Crippen molar-refractivity contribution in [1.29, 1.82) is 0 Å². The number of ether oxygens (including phenoxy) is 2. The molecule has 4 rings (SSSR count). The minimum absolute atomic E-state index is 0. The number of amides is 1. The molecule has 11 heteroatoms. The van der Waals surface area contributed by atoms with E-state index >= 15 is 0 Å². The summed E-state index contributed by atoms with van der Waals surface area (Å²) in [5, 5.41) is 0.868. The van der Waals surface area contributed by atoms with Crippen LogP contribution in [0.4, 0.5) is 13.9 Å². The molecule has 0 atom stereocenters. The molecule has 1 aliphatic rings. The molecule has 0 unspecified atom stereocenters. The molecule has 1 aliphatic heterocycles. The molecule has 0 radical (unpaired) electrons. The van der Waals surface area contributed by atoms with Crippen molar-refractivity contribution in [1.82, 2.24) is 9.88 Å². The topological polar surface area (TPSA) is 54.9 Å². The van der Waals surface area contributed by atoms with Crippen molar-refractivity contribution >= 4 is 56.6 Å². The van der Waals surface area contributed by atoms with Gasteiger partial charge in [0, 0.05) is 37.3 Å². The van der Waals surface area contributed by atoms with Crippen molar-refractivity contribution in [2.24, 2.45) is 0 Å². The van der Waals surface area contributed by atoms with Gasteiger partial charge in [0.2, 0.25) is 0 Å². The third-order valence-electron chi connectivity index (χ3n) is 4.85. The van der Waals surface area contributed by atoms with Gasteiger partial charge in [0.15, 0.2) is 17.6 Å². The first-order valence-corrected chi connectivity index (χ1v) is 10.9. The average molecular weight is 504 g/mol. The number of fused-ring (bicyclic) bond motifs is 1. The molecule has 1 fully saturated rings. The summed E-state index contributed by atoms with van der Waals surface area (Å²) in [6.07, 6.45) is 0. The highest BCUT2D eigenvalue weighted by atomic mass is 35.5. The molecular weight excluding hydrogens is 483 g/mol. The number of rotatable bonds is 7. The Hall–Kier alpha value is -2.04. The Kier molecular flexibility index (Phi) is 8.61. The normalized spacial score (nSPS) is 14.2. The van der Waals surface area contributed by atoms with Crippen molar-refractivity contribution in [3.63, 3.8) is 0 Å². The fourth-order valence-corrected chi connectivity index (χ4v) is 4.38. The van der Waals surface area contributed by atoms with E-state index in [9.17, 15) is 13.6 Å². The van der Waals surface area contributed by atoms with Crippen LogP contribution in [-0.2, 0) is 9.53 Å². The number of aromatic nitrogens is 1. The predicted molar refractivity (Wildman–Crippen MR) is 123 cm³/mol. The summed E-state index contributed by atoms with van der Waals surface area (Å²) < 4.78 is 39.0. The summed E-state index contributed by atoms with van der Waals surface area (Å²) in [6.45, 7) is 3.53. The number of thiazole rings is 1. The monoisotopic (exact) mass is 503 g/mol. The Bertz CT molecular complexity index is 1060. The van der Waals surface area contributed by atoms with Gasteiger partial charge in [-0.1, -0.05) is 22.9 Å². The number of halogens is 4. The van der Waals surface area contributed by atoms with Crippen LogP contribution in [0, 0.1) is 11.6 Å². The Morgan fingerprint density at radius 1 is 1.22 bits per heavy atom. The van der Waals surface area contributed by atoms with Crippen molar-refractivity contribution in [3.05, 3.63) is 53.1 Å². The van der Waals surface area contributed by atoms with E-state index in [-0.39, 0.29) is 30.4 Å². The average Bonchev–Trinajstić information content (AvgIpc) is 3.18. The van der Waals surface area contributed by atoms with Crippen LogP contribution < -0.4 is 9.64 Å². The number of carbonyl (C=O) groups is 1. The zero-order valence-corrected chi connectivity index (χ0v) is 19.3. The van der Waals surface area contributed by atoms with Gasteiger partial charge in [0.1, 0.15) is 17.1 Å². The number of anilines is 1. The van der Waals surface area contributed by atoms with Crippen LogP contribution in [0.3, 0.4) is 0 Å². The first kappa shape index (κ1) is 24.6. The van der Waals surface area contributed by atoms with Crippen LogP contribution >= 0.6 is 35.3 Å². The van der Waals surface area contributed by atoms with E-state index in [1.165, 1.54) is 11.0 Å². The number of benzene rings is 2. The van der Waals surface area contributed by atoms with Gasteiger partial charge in [-0.05, 0) is 30.3 Å². The fourth-order valence-electron chi connectivity index (χ4n) is 3.21. The summed E-state index contributed by atoms with van der Waals surface area (Å²) >= 11 is 6.94. The molecule has 1 amide bonds. The second-order valence-electron chi connectivity index (χ2n) is 6.97. The standard InChI is InChI=1S/C21H20ClF2N3O3S.ClH/c22-14-1-3-16(4-2-14)30-13-19(28)27(6-5-26-7-9-29-10-8-26)21-25-20-17(24)11-15(23)12-18(20)31-21;/h1-4,11-12H,5-10,13H2;1H. The summed E-state index contributed by atoms with van der Waals surface area (Å²) in [5.74, 6) is -1.26. The van der Waals surface area contributed by atoms with Gasteiger partial charge in [0.05, 0.1) is 17.9 Å². The van der Waals surface area contributed by atoms with Gasteiger partial charge in [-0.3, -0.25) is 14.6 Å². The molecule has 32 heavy (non-hydrogen) atoms. The van der Waals surface area contributed by atoms with E-state index in [1.807, 2.05) is 0 Å². The van der Waals surface area contributed by atoms with E-state index < -0.39 is 11.6 Å². The summed E-state index contributed by atoms with van der Waals surface area (Å²) in [4.78, 5) is 20.9. The molecule has 3 aromatic rings. The fraction of sp³-hybridized carbons (Fsp3) is 0.333. The van der Waals surface area contributed by atoms with E-state index in [2.05, 4.69) is 9.88 Å². The zero-order valence-electron chi connectivity index (χ0n) is 16.9.